The zero-order chi connectivity index (χ0) is 22.6. The molecule has 0 amide bonds. The minimum atomic E-state index is 0.237. The molecule has 1 aliphatic heterocycles. The smallest absolute Gasteiger partial charge is 0.243 e. The molecule has 4 aromatic rings. The van der Waals surface area contributed by atoms with E-state index >= 15 is 0 Å². The zero-order valence-electron chi connectivity index (χ0n) is 18.8. The molecular weight excluding hydrogens is 521 g/mol. The molecule has 0 N–H and O–H groups in total. The average Bonchev–Trinajstić information content (AvgIpc) is 2.72. The summed E-state index contributed by atoms with van der Waals surface area (Å²) in [5.41, 5.74) is 15.0. The Morgan fingerprint density at radius 2 is 1.09 bits per heavy atom. The molecular formula is C28H24BBr2N. The summed E-state index contributed by atoms with van der Waals surface area (Å²) in [5, 5.41) is 0. The van der Waals surface area contributed by atoms with Crippen molar-refractivity contribution in [1.29, 1.82) is 0 Å². The monoisotopic (exact) mass is 543 g/mol. The molecule has 2 heterocycles. The third-order valence-electron chi connectivity index (χ3n) is 6.73. The summed E-state index contributed by atoms with van der Waals surface area (Å²) >= 11 is 7.47. The van der Waals surface area contributed by atoms with Gasteiger partial charge in [0, 0.05) is 21.3 Å². The molecule has 0 radical (unpaired) electrons. The summed E-state index contributed by atoms with van der Waals surface area (Å²) in [7, 11) is 0. The molecule has 0 fully saturated rings. The molecule has 3 aromatic carbocycles. The van der Waals surface area contributed by atoms with Crippen LogP contribution in [0, 0.1) is 27.7 Å². The molecule has 0 aliphatic carbocycles. The molecule has 0 saturated carbocycles. The Morgan fingerprint density at radius 3 is 1.59 bits per heavy atom. The zero-order valence-corrected chi connectivity index (χ0v) is 21.9. The van der Waals surface area contributed by atoms with Crippen molar-refractivity contribution in [2.24, 2.45) is 0 Å². The van der Waals surface area contributed by atoms with Crippen molar-refractivity contribution < 1.29 is 0 Å². The SMILES string of the molecule is Cc1cc(-c2ccncc2)cc(C)c1B1c2c(C)cc(Br)cc2Cc2cc(Br)cc(C)c21. The first-order valence-corrected chi connectivity index (χ1v) is 12.5. The Bertz CT molecular complexity index is 1280. The highest BCUT2D eigenvalue weighted by Crippen LogP contribution is 2.27. The fourth-order valence-electron chi connectivity index (χ4n) is 5.55. The van der Waals surface area contributed by atoms with Crippen molar-refractivity contribution in [1.82, 2.24) is 4.98 Å². The van der Waals surface area contributed by atoms with Crippen LogP contribution in [0.1, 0.15) is 33.4 Å². The van der Waals surface area contributed by atoms with E-state index in [9.17, 15) is 0 Å². The maximum absolute atomic E-state index is 4.18. The largest absolute Gasteiger partial charge is 0.265 e. The number of benzene rings is 3. The molecule has 1 aromatic heterocycles. The van der Waals surface area contributed by atoms with Gasteiger partial charge in [0.05, 0.1) is 0 Å². The molecule has 0 bridgehead atoms. The summed E-state index contributed by atoms with van der Waals surface area (Å²) < 4.78 is 2.31. The Hall–Kier alpha value is -2.17. The molecule has 5 rings (SSSR count). The van der Waals surface area contributed by atoms with Gasteiger partial charge in [-0.3, -0.25) is 4.98 Å². The van der Waals surface area contributed by atoms with Crippen molar-refractivity contribution in [3.63, 3.8) is 0 Å². The summed E-state index contributed by atoms with van der Waals surface area (Å²) in [6, 6.07) is 18.0. The lowest BCUT2D eigenvalue weighted by Gasteiger charge is -2.32. The normalized spacial score (nSPS) is 12.5. The van der Waals surface area contributed by atoms with Gasteiger partial charge in [0.15, 0.2) is 0 Å². The third-order valence-corrected chi connectivity index (χ3v) is 7.64. The molecule has 4 heteroatoms. The first kappa shape index (κ1) is 21.7. The summed E-state index contributed by atoms with van der Waals surface area (Å²) in [5.74, 6) is 0. The van der Waals surface area contributed by atoms with E-state index in [0.29, 0.717) is 0 Å². The Kier molecular flexibility index (Phi) is 5.63. The fraction of sp³-hybridized carbons (Fsp3) is 0.179. The van der Waals surface area contributed by atoms with Crippen molar-refractivity contribution >= 4 is 55.0 Å². The standard InChI is InChI=1S/C28H24BBr2N/c1-16-9-21(20-5-7-32-8-6-20)10-17(2)26(16)29-27-18(3)11-24(30)14-22(27)13-23-15-25(31)12-19(4)28(23)29/h5-12,14-15H,13H2,1-4H3. The van der Waals surface area contributed by atoms with E-state index in [0.717, 1.165) is 15.4 Å². The van der Waals surface area contributed by atoms with Gasteiger partial charge >= 0.3 is 0 Å². The lowest BCUT2D eigenvalue weighted by molar-refractivity contribution is 1.18. The molecule has 158 valence electrons. The fourth-order valence-corrected chi connectivity index (χ4v) is 6.78. The lowest BCUT2D eigenvalue weighted by atomic mass is 9.31. The number of nitrogens with zero attached hydrogens (tertiary/aromatic N) is 1. The van der Waals surface area contributed by atoms with Gasteiger partial charge in [-0.1, -0.05) is 82.6 Å². The maximum atomic E-state index is 4.18. The van der Waals surface area contributed by atoms with E-state index in [-0.39, 0.29) is 6.71 Å². The van der Waals surface area contributed by atoms with E-state index in [1.54, 1.807) is 0 Å². The Morgan fingerprint density at radius 1 is 0.625 bits per heavy atom. The summed E-state index contributed by atoms with van der Waals surface area (Å²) in [6.45, 7) is 9.28. The molecule has 32 heavy (non-hydrogen) atoms. The first-order chi connectivity index (χ1) is 15.3. The second kappa shape index (κ2) is 8.31. The van der Waals surface area contributed by atoms with E-state index < -0.39 is 0 Å². The topological polar surface area (TPSA) is 12.9 Å². The average molecular weight is 545 g/mol. The van der Waals surface area contributed by atoms with Crippen molar-refractivity contribution in [3.8, 4) is 11.1 Å². The van der Waals surface area contributed by atoms with E-state index in [1.807, 2.05) is 12.4 Å². The molecule has 0 unspecified atom stereocenters. The summed E-state index contributed by atoms with van der Waals surface area (Å²) in [4.78, 5) is 4.18. The van der Waals surface area contributed by atoms with Gasteiger partial charge < -0.3 is 0 Å². The van der Waals surface area contributed by atoms with Crippen molar-refractivity contribution in [2.75, 3.05) is 0 Å². The predicted octanol–water partition coefficient (Wildman–Crippen LogP) is 5.93. The minimum absolute atomic E-state index is 0.237. The van der Waals surface area contributed by atoms with Gasteiger partial charge in [-0.25, -0.2) is 0 Å². The van der Waals surface area contributed by atoms with E-state index in [4.69, 9.17) is 0 Å². The number of aromatic nitrogens is 1. The van der Waals surface area contributed by atoms with Gasteiger partial charge in [0.1, 0.15) is 0 Å². The molecule has 0 atom stereocenters. The predicted molar refractivity (Wildman–Crippen MR) is 144 cm³/mol. The lowest BCUT2D eigenvalue weighted by Crippen LogP contribution is -2.60. The van der Waals surface area contributed by atoms with Crippen molar-refractivity contribution in [3.05, 3.63) is 103 Å². The Balaban J connectivity index is 1.79. The van der Waals surface area contributed by atoms with Crippen LogP contribution in [0.2, 0.25) is 0 Å². The van der Waals surface area contributed by atoms with Crippen LogP contribution in [0.25, 0.3) is 11.1 Å². The van der Waals surface area contributed by atoms with Gasteiger partial charge in [-0.2, -0.15) is 0 Å². The highest BCUT2D eigenvalue weighted by molar-refractivity contribution is 9.10. The van der Waals surface area contributed by atoms with Crippen LogP contribution in [-0.2, 0) is 6.42 Å². The number of rotatable bonds is 2. The highest BCUT2D eigenvalue weighted by Gasteiger charge is 2.35. The van der Waals surface area contributed by atoms with Crippen LogP contribution < -0.4 is 16.4 Å². The second-order valence-corrected chi connectivity index (χ2v) is 10.8. The van der Waals surface area contributed by atoms with Crippen LogP contribution >= 0.6 is 31.9 Å². The van der Waals surface area contributed by atoms with Crippen LogP contribution in [0.4, 0.5) is 0 Å². The quantitative estimate of drug-likeness (QED) is 0.251. The Labute approximate surface area is 207 Å². The number of fused-ring (bicyclic) bond motifs is 2. The molecule has 0 spiro atoms. The van der Waals surface area contributed by atoms with Gasteiger partial charge in [-0.05, 0) is 92.8 Å². The number of pyridine rings is 1. The van der Waals surface area contributed by atoms with Gasteiger partial charge in [-0.15, -0.1) is 0 Å². The molecule has 0 saturated heterocycles. The molecule has 1 nitrogen and oxygen atoms in total. The summed E-state index contributed by atoms with van der Waals surface area (Å²) in [6.07, 6.45) is 4.70. The van der Waals surface area contributed by atoms with Crippen LogP contribution in [0.5, 0.6) is 0 Å². The highest BCUT2D eigenvalue weighted by atomic mass is 79.9. The number of halogens is 2. The molecule has 1 aliphatic rings. The third kappa shape index (κ3) is 3.68. The number of aryl methyl sites for hydroxylation is 4. The first-order valence-electron chi connectivity index (χ1n) is 10.9. The van der Waals surface area contributed by atoms with Gasteiger partial charge in [0.25, 0.3) is 0 Å². The van der Waals surface area contributed by atoms with E-state index in [2.05, 4.69) is 113 Å². The van der Waals surface area contributed by atoms with Crippen LogP contribution in [-0.4, -0.2) is 11.7 Å². The van der Waals surface area contributed by atoms with Crippen molar-refractivity contribution in [2.45, 2.75) is 34.1 Å². The minimum Gasteiger partial charge on any atom is -0.265 e. The van der Waals surface area contributed by atoms with E-state index in [1.165, 1.54) is 60.9 Å². The maximum Gasteiger partial charge on any atom is 0.243 e. The van der Waals surface area contributed by atoms with Gasteiger partial charge in [0.2, 0.25) is 6.71 Å². The number of hydrogen-bond donors (Lipinski definition) is 0. The number of hydrogen-bond acceptors (Lipinski definition) is 1. The second-order valence-electron chi connectivity index (χ2n) is 8.96. The van der Waals surface area contributed by atoms with Crippen LogP contribution in [0.3, 0.4) is 0 Å². The van der Waals surface area contributed by atoms with Crippen LogP contribution in [0.15, 0.2) is 69.9 Å².